The highest BCUT2D eigenvalue weighted by atomic mass is 16.6. The van der Waals surface area contributed by atoms with Gasteiger partial charge in [-0.3, -0.25) is 0 Å². The van der Waals surface area contributed by atoms with E-state index in [0.717, 1.165) is 44.9 Å². The summed E-state index contributed by atoms with van der Waals surface area (Å²) in [5.41, 5.74) is -0.802. The maximum absolute atomic E-state index is 11.7. The van der Waals surface area contributed by atoms with E-state index in [4.69, 9.17) is 4.74 Å². The van der Waals surface area contributed by atoms with E-state index in [1.54, 1.807) is 0 Å². The van der Waals surface area contributed by atoms with Crippen LogP contribution < -0.4 is 5.32 Å². The summed E-state index contributed by atoms with van der Waals surface area (Å²) in [6.45, 7) is 7.92. The third-order valence-electron chi connectivity index (χ3n) is 3.61. The standard InChI is InChI=1S/C15H29NO3/c1-5-6-9-15(18)10-7-12(8-11-15)19-13(17)16-14(2,3)4/h12,18H,5-11H2,1-4H3,(H,16,17). The van der Waals surface area contributed by atoms with E-state index in [0.29, 0.717) is 0 Å². The Balaban J connectivity index is 2.32. The first kappa shape index (κ1) is 16.3. The molecule has 0 aromatic rings. The summed E-state index contributed by atoms with van der Waals surface area (Å²) >= 11 is 0. The molecule has 0 aromatic carbocycles. The average molecular weight is 271 g/mol. The van der Waals surface area contributed by atoms with E-state index in [-0.39, 0.29) is 17.7 Å². The fraction of sp³-hybridized carbons (Fsp3) is 0.933. The monoisotopic (exact) mass is 271 g/mol. The van der Waals surface area contributed by atoms with E-state index in [1.807, 2.05) is 20.8 Å². The van der Waals surface area contributed by atoms with Gasteiger partial charge >= 0.3 is 6.09 Å². The lowest BCUT2D eigenvalue weighted by Crippen LogP contribution is -2.44. The number of amides is 1. The average Bonchev–Trinajstić information content (AvgIpc) is 2.28. The summed E-state index contributed by atoms with van der Waals surface area (Å²) in [4.78, 5) is 11.7. The highest BCUT2D eigenvalue weighted by Gasteiger charge is 2.34. The SMILES string of the molecule is CCCCC1(O)CCC(OC(=O)NC(C)(C)C)CC1. The fourth-order valence-corrected chi connectivity index (χ4v) is 2.49. The lowest BCUT2D eigenvalue weighted by Gasteiger charge is -2.36. The summed E-state index contributed by atoms with van der Waals surface area (Å²) in [6.07, 6.45) is 5.63. The van der Waals surface area contributed by atoms with Crippen LogP contribution in [0.4, 0.5) is 4.79 Å². The van der Waals surface area contributed by atoms with E-state index in [2.05, 4.69) is 12.2 Å². The lowest BCUT2D eigenvalue weighted by molar-refractivity contribution is -0.0430. The van der Waals surface area contributed by atoms with Gasteiger partial charge in [-0.05, 0) is 52.9 Å². The molecule has 0 unspecified atom stereocenters. The molecular formula is C15H29NO3. The van der Waals surface area contributed by atoms with Gasteiger partial charge in [0, 0.05) is 5.54 Å². The molecule has 19 heavy (non-hydrogen) atoms. The molecule has 1 amide bonds. The molecule has 2 N–H and O–H groups in total. The van der Waals surface area contributed by atoms with Crippen LogP contribution in [0.25, 0.3) is 0 Å². The molecule has 0 heterocycles. The van der Waals surface area contributed by atoms with Gasteiger partial charge in [-0.2, -0.15) is 0 Å². The quantitative estimate of drug-likeness (QED) is 0.824. The van der Waals surface area contributed by atoms with Gasteiger partial charge < -0.3 is 15.2 Å². The first-order valence-corrected chi connectivity index (χ1v) is 7.45. The summed E-state index contributed by atoms with van der Waals surface area (Å²) < 4.78 is 5.40. The molecule has 4 nitrogen and oxygen atoms in total. The summed E-state index contributed by atoms with van der Waals surface area (Å²) in [5.74, 6) is 0. The van der Waals surface area contributed by atoms with Gasteiger partial charge in [-0.1, -0.05) is 19.8 Å². The van der Waals surface area contributed by atoms with Crippen molar-refractivity contribution in [1.29, 1.82) is 0 Å². The molecule has 1 aliphatic carbocycles. The number of rotatable bonds is 4. The van der Waals surface area contributed by atoms with E-state index >= 15 is 0 Å². The van der Waals surface area contributed by atoms with Gasteiger partial charge in [0.05, 0.1) is 5.60 Å². The molecule has 0 radical (unpaired) electrons. The van der Waals surface area contributed by atoms with Gasteiger partial charge in [0.1, 0.15) is 6.10 Å². The summed E-state index contributed by atoms with van der Waals surface area (Å²) in [7, 11) is 0. The van der Waals surface area contributed by atoms with Crippen LogP contribution in [0.3, 0.4) is 0 Å². The second-order valence-corrected chi connectivity index (χ2v) is 6.81. The molecule has 112 valence electrons. The van der Waals surface area contributed by atoms with Crippen LogP contribution in [0.2, 0.25) is 0 Å². The van der Waals surface area contributed by atoms with Crippen molar-refractivity contribution in [3.63, 3.8) is 0 Å². The highest BCUT2D eigenvalue weighted by molar-refractivity contribution is 5.68. The highest BCUT2D eigenvalue weighted by Crippen LogP contribution is 2.33. The minimum Gasteiger partial charge on any atom is -0.446 e. The van der Waals surface area contributed by atoms with Crippen LogP contribution in [0, 0.1) is 0 Å². The van der Waals surface area contributed by atoms with Crippen molar-refractivity contribution in [2.24, 2.45) is 0 Å². The number of ether oxygens (including phenoxy) is 1. The first-order chi connectivity index (χ1) is 8.74. The largest absolute Gasteiger partial charge is 0.446 e. The molecule has 0 aromatic heterocycles. The van der Waals surface area contributed by atoms with Gasteiger partial charge in [0.15, 0.2) is 0 Å². The normalized spacial score (nSPS) is 27.9. The Morgan fingerprint density at radius 1 is 1.37 bits per heavy atom. The molecule has 1 rings (SSSR count). The second kappa shape index (κ2) is 6.60. The smallest absolute Gasteiger partial charge is 0.407 e. The Bertz CT molecular complexity index is 288. The van der Waals surface area contributed by atoms with Gasteiger partial charge in [0.25, 0.3) is 0 Å². The van der Waals surface area contributed by atoms with Crippen LogP contribution >= 0.6 is 0 Å². The van der Waals surface area contributed by atoms with Crippen LogP contribution in [-0.4, -0.2) is 28.4 Å². The summed E-state index contributed by atoms with van der Waals surface area (Å²) in [5, 5.41) is 13.2. The Kier molecular flexibility index (Phi) is 5.65. The molecular weight excluding hydrogens is 242 g/mol. The topological polar surface area (TPSA) is 58.6 Å². The predicted octanol–water partition coefficient (Wildman–Crippen LogP) is 3.38. The minimum atomic E-state index is -0.531. The Labute approximate surface area is 116 Å². The number of alkyl carbamates (subject to hydrolysis) is 1. The number of nitrogens with one attached hydrogen (secondary N) is 1. The summed E-state index contributed by atoms with van der Waals surface area (Å²) in [6, 6.07) is 0. The van der Waals surface area contributed by atoms with Crippen molar-refractivity contribution in [2.45, 2.75) is 89.9 Å². The third kappa shape index (κ3) is 6.28. The van der Waals surface area contributed by atoms with Gasteiger partial charge in [0.2, 0.25) is 0 Å². The Morgan fingerprint density at radius 2 is 1.95 bits per heavy atom. The maximum Gasteiger partial charge on any atom is 0.407 e. The van der Waals surface area contributed by atoms with Crippen molar-refractivity contribution in [3.05, 3.63) is 0 Å². The number of carbonyl (C=O) groups excluding carboxylic acids is 1. The van der Waals surface area contributed by atoms with E-state index < -0.39 is 5.60 Å². The molecule has 0 saturated heterocycles. The molecule has 1 saturated carbocycles. The molecule has 0 atom stereocenters. The van der Waals surface area contributed by atoms with Crippen molar-refractivity contribution >= 4 is 6.09 Å². The van der Waals surface area contributed by atoms with Crippen LogP contribution in [0.5, 0.6) is 0 Å². The zero-order chi connectivity index (χ0) is 14.5. The lowest BCUT2D eigenvalue weighted by atomic mass is 9.80. The number of carbonyl (C=O) groups is 1. The fourth-order valence-electron chi connectivity index (χ4n) is 2.49. The zero-order valence-electron chi connectivity index (χ0n) is 12.8. The Morgan fingerprint density at radius 3 is 2.42 bits per heavy atom. The molecule has 1 aliphatic rings. The predicted molar refractivity (Wildman–Crippen MR) is 76.1 cm³/mol. The first-order valence-electron chi connectivity index (χ1n) is 7.45. The minimum absolute atomic E-state index is 0.0516. The molecule has 1 fully saturated rings. The molecule has 0 spiro atoms. The van der Waals surface area contributed by atoms with Crippen LogP contribution in [0.1, 0.15) is 72.6 Å². The van der Waals surface area contributed by atoms with Crippen LogP contribution in [0.15, 0.2) is 0 Å². The van der Waals surface area contributed by atoms with Gasteiger partial charge in [-0.25, -0.2) is 4.79 Å². The zero-order valence-corrected chi connectivity index (χ0v) is 12.8. The van der Waals surface area contributed by atoms with Gasteiger partial charge in [-0.15, -0.1) is 0 Å². The molecule has 0 bridgehead atoms. The maximum atomic E-state index is 11.7. The molecule has 0 aliphatic heterocycles. The van der Waals surface area contributed by atoms with E-state index in [1.165, 1.54) is 0 Å². The number of hydrogen-bond donors (Lipinski definition) is 2. The third-order valence-corrected chi connectivity index (χ3v) is 3.61. The van der Waals surface area contributed by atoms with Crippen molar-refractivity contribution in [2.75, 3.05) is 0 Å². The Hall–Kier alpha value is -0.770. The number of aliphatic hydroxyl groups is 1. The van der Waals surface area contributed by atoms with Crippen molar-refractivity contribution in [3.8, 4) is 0 Å². The number of hydrogen-bond acceptors (Lipinski definition) is 3. The number of unbranched alkanes of at least 4 members (excludes halogenated alkanes) is 1. The second-order valence-electron chi connectivity index (χ2n) is 6.81. The molecule has 4 heteroatoms. The van der Waals surface area contributed by atoms with Crippen molar-refractivity contribution < 1.29 is 14.6 Å². The van der Waals surface area contributed by atoms with Crippen LogP contribution in [-0.2, 0) is 4.74 Å². The van der Waals surface area contributed by atoms with Crippen molar-refractivity contribution in [1.82, 2.24) is 5.32 Å². The van der Waals surface area contributed by atoms with E-state index in [9.17, 15) is 9.90 Å².